The highest BCUT2D eigenvalue weighted by Crippen LogP contribution is 2.31. The lowest BCUT2D eigenvalue weighted by molar-refractivity contribution is -0.127. The average Bonchev–Trinajstić information content (AvgIpc) is 3.37. The number of aryl methyl sites for hydroxylation is 1. The maximum absolute atomic E-state index is 13.3. The van der Waals surface area contributed by atoms with E-state index >= 15 is 0 Å². The zero-order valence-corrected chi connectivity index (χ0v) is 19.6. The molecule has 0 spiro atoms. The molecule has 1 aliphatic rings. The number of hydrogen-bond acceptors (Lipinski definition) is 6. The van der Waals surface area contributed by atoms with E-state index in [0.717, 1.165) is 0 Å². The van der Waals surface area contributed by atoms with Crippen LogP contribution in [0, 0.1) is 6.92 Å². The number of nitrogens with one attached hydrogen (secondary N) is 1. The molecule has 1 atom stereocenters. The van der Waals surface area contributed by atoms with Crippen molar-refractivity contribution in [1.82, 2.24) is 14.8 Å². The highest BCUT2D eigenvalue weighted by Gasteiger charge is 2.29. The molecule has 3 heterocycles. The Hall–Kier alpha value is -2.95. The molecule has 0 radical (unpaired) electrons. The van der Waals surface area contributed by atoms with E-state index in [1.165, 1.54) is 4.68 Å². The van der Waals surface area contributed by atoms with E-state index in [2.05, 4.69) is 36.5 Å². The van der Waals surface area contributed by atoms with Crippen molar-refractivity contribution in [1.29, 1.82) is 0 Å². The number of primary amides is 1. The summed E-state index contributed by atoms with van der Waals surface area (Å²) < 4.78 is 1.77. The Bertz CT molecular complexity index is 1280. The van der Waals surface area contributed by atoms with Gasteiger partial charge < -0.3 is 15.9 Å². The molecule has 0 saturated heterocycles. The van der Waals surface area contributed by atoms with E-state index in [1.807, 2.05) is 0 Å². The molecule has 12 heteroatoms. The molecule has 164 valence electrons. The first-order chi connectivity index (χ1) is 15.2. The number of carbonyl (C=O) groups is 2. The molecule has 9 nitrogen and oxygen atoms in total. The number of halogens is 3. The first kappa shape index (κ1) is 22.3. The zero-order valence-electron chi connectivity index (χ0n) is 16.5. The molecule has 0 bridgehead atoms. The standard InChI is InChI=1S/C20H15BrCl2N6O3/c1-9-5-10(22)6-11(13-7-15(18(24)30)32-28-13)17(9)26-20(31)14-8-16(21)27-29(14)19-12(23)3-2-4-25-19/h2-6,8,15H,7H2,1H3,(H2,24,30)(H,26,31). The van der Waals surface area contributed by atoms with E-state index in [4.69, 9.17) is 33.8 Å². The number of nitrogens with two attached hydrogens (primary N) is 1. The summed E-state index contributed by atoms with van der Waals surface area (Å²) in [7, 11) is 0. The molecule has 0 aliphatic carbocycles. The second-order valence-corrected chi connectivity index (χ2v) is 8.57. The smallest absolute Gasteiger partial charge is 0.274 e. The Morgan fingerprint density at radius 3 is 2.78 bits per heavy atom. The van der Waals surface area contributed by atoms with Crippen molar-refractivity contribution in [2.24, 2.45) is 10.9 Å². The summed E-state index contributed by atoms with van der Waals surface area (Å²) >= 11 is 15.8. The van der Waals surface area contributed by atoms with Gasteiger partial charge in [-0.15, -0.1) is 0 Å². The summed E-state index contributed by atoms with van der Waals surface area (Å²) in [6.07, 6.45) is 0.828. The fourth-order valence-corrected chi connectivity index (χ4v) is 4.06. The van der Waals surface area contributed by atoms with Crippen LogP contribution in [0.1, 0.15) is 28.0 Å². The molecule has 2 aromatic heterocycles. The second-order valence-electron chi connectivity index (χ2n) is 6.91. The maximum atomic E-state index is 13.3. The fourth-order valence-electron chi connectivity index (χ4n) is 3.21. The Balaban J connectivity index is 1.72. The quantitative estimate of drug-likeness (QED) is 0.511. The van der Waals surface area contributed by atoms with Crippen molar-refractivity contribution in [3.8, 4) is 5.82 Å². The summed E-state index contributed by atoms with van der Waals surface area (Å²) in [5.41, 5.74) is 7.62. The van der Waals surface area contributed by atoms with Gasteiger partial charge in [0.1, 0.15) is 10.3 Å². The minimum atomic E-state index is -0.878. The van der Waals surface area contributed by atoms with E-state index in [9.17, 15) is 9.59 Å². The van der Waals surface area contributed by atoms with Gasteiger partial charge in [0.05, 0.1) is 16.4 Å². The van der Waals surface area contributed by atoms with E-state index < -0.39 is 17.9 Å². The van der Waals surface area contributed by atoms with Crippen LogP contribution in [0.25, 0.3) is 5.82 Å². The summed E-state index contributed by atoms with van der Waals surface area (Å²) in [6, 6.07) is 8.21. The van der Waals surface area contributed by atoms with Crippen molar-refractivity contribution in [2.75, 3.05) is 5.32 Å². The largest absolute Gasteiger partial charge is 0.382 e. The molecular weight excluding hydrogens is 523 g/mol. The van der Waals surface area contributed by atoms with Crippen LogP contribution in [-0.2, 0) is 9.63 Å². The summed E-state index contributed by atoms with van der Waals surface area (Å²) in [5.74, 6) is -0.799. The van der Waals surface area contributed by atoms with E-state index in [0.29, 0.717) is 43.0 Å². The molecular formula is C20H15BrCl2N6O3. The Labute approximate surface area is 200 Å². The number of amides is 2. The Morgan fingerprint density at radius 2 is 2.09 bits per heavy atom. The van der Waals surface area contributed by atoms with Crippen molar-refractivity contribution < 1.29 is 14.4 Å². The molecule has 3 aromatic rings. The minimum Gasteiger partial charge on any atom is -0.382 e. The van der Waals surface area contributed by atoms with Gasteiger partial charge in [-0.25, -0.2) is 9.67 Å². The number of nitrogens with zero attached hydrogens (tertiary/aromatic N) is 4. The molecule has 2 amide bonds. The van der Waals surface area contributed by atoms with Gasteiger partial charge in [-0.1, -0.05) is 28.4 Å². The third-order valence-corrected chi connectivity index (χ3v) is 5.59. The van der Waals surface area contributed by atoms with Crippen LogP contribution in [0.5, 0.6) is 0 Å². The first-order valence-electron chi connectivity index (χ1n) is 9.25. The first-order valence-corrected chi connectivity index (χ1v) is 10.8. The maximum Gasteiger partial charge on any atom is 0.274 e. The van der Waals surface area contributed by atoms with Crippen molar-refractivity contribution in [3.05, 3.63) is 68.0 Å². The third kappa shape index (κ3) is 4.34. The average molecular weight is 538 g/mol. The number of hydrogen-bond donors (Lipinski definition) is 2. The number of benzene rings is 1. The molecule has 1 aliphatic heterocycles. The van der Waals surface area contributed by atoms with Crippen LogP contribution in [-0.4, -0.2) is 38.4 Å². The number of pyridine rings is 1. The van der Waals surface area contributed by atoms with Crippen molar-refractivity contribution >= 4 is 62.3 Å². The van der Waals surface area contributed by atoms with Gasteiger partial charge in [0, 0.05) is 29.3 Å². The van der Waals surface area contributed by atoms with Crippen molar-refractivity contribution in [3.63, 3.8) is 0 Å². The number of aromatic nitrogens is 3. The number of anilines is 1. The Kier molecular flexibility index (Phi) is 6.18. The highest BCUT2D eigenvalue weighted by molar-refractivity contribution is 9.10. The second kappa shape index (κ2) is 8.89. The van der Waals surface area contributed by atoms with E-state index in [-0.39, 0.29) is 12.1 Å². The lowest BCUT2D eigenvalue weighted by Crippen LogP contribution is -2.28. The molecule has 1 unspecified atom stereocenters. The topological polar surface area (TPSA) is 124 Å². The molecule has 3 N–H and O–H groups in total. The van der Waals surface area contributed by atoms with Crippen LogP contribution in [0.2, 0.25) is 10.0 Å². The van der Waals surface area contributed by atoms with Gasteiger partial charge in [0.15, 0.2) is 5.82 Å². The van der Waals surface area contributed by atoms with Gasteiger partial charge in [-0.2, -0.15) is 5.10 Å². The zero-order chi connectivity index (χ0) is 23.0. The predicted molar refractivity (Wildman–Crippen MR) is 123 cm³/mol. The fraction of sp³-hybridized carbons (Fsp3) is 0.150. The van der Waals surface area contributed by atoms with Gasteiger partial charge in [0.2, 0.25) is 6.10 Å². The third-order valence-electron chi connectivity index (χ3n) is 4.69. The van der Waals surface area contributed by atoms with Crippen LogP contribution in [0.4, 0.5) is 5.69 Å². The van der Waals surface area contributed by atoms with Gasteiger partial charge in [-0.3, -0.25) is 9.59 Å². The summed E-state index contributed by atoms with van der Waals surface area (Å²) in [4.78, 5) is 34.1. The highest BCUT2D eigenvalue weighted by atomic mass is 79.9. The van der Waals surface area contributed by atoms with Crippen molar-refractivity contribution in [2.45, 2.75) is 19.4 Å². The van der Waals surface area contributed by atoms with Gasteiger partial charge in [-0.05, 0) is 52.7 Å². The van der Waals surface area contributed by atoms with Crippen LogP contribution < -0.4 is 11.1 Å². The lowest BCUT2D eigenvalue weighted by atomic mass is 9.99. The van der Waals surface area contributed by atoms with Crippen LogP contribution in [0.15, 0.2) is 46.3 Å². The predicted octanol–water partition coefficient (Wildman–Crippen LogP) is 3.88. The molecule has 0 saturated carbocycles. The number of rotatable bonds is 5. The lowest BCUT2D eigenvalue weighted by Gasteiger charge is -2.15. The Morgan fingerprint density at radius 1 is 1.31 bits per heavy atom. The number of carbonyl (C=O) groups excluding carboxylic acids is 2. The summed E-state index contributed by atoms with van der Waals surface area (Å²) in [6.45, 7) is 1.79. The van der Waals surface area contributed by atoms with Gasteiger partial charge >= 0.3 is 0 Å². The molecule has 1 aromatic carbocycles. The monoisotopic (exact) mass is 536 g/mol. The molecule has 4 rings (SSSR count). The minimum absolute atomic E-state index is 0.158. The van der Waals surface area contributed by atoms with Crippen LogP contribution in [0.3, 0.4) is 0 Å². The van der Waals surface area contributed by atoms with Crippen LogP contribution >= 0.6 is 39.1 Å². The molecule has 0 fully saturated rings. The van der Waals surface area contributed by atoms with E-state index in [1.54, 1.807) is 43.5 Å². The van der Waals surface area contributed by atoms with Gasteiger partial charge in [0.25, 0.3) is 11.8 Å². The number of oxime groups is 1. The SMILES string of the molecule is Cc1cc(Cl)cc(C2=NOC(C(N)=O)C2)c1NC(=O)c1cc(Br)nn1-c1ncccc1Cl. The summed E-state index contributed by atoms with van der Waals surface area (Å²) in [5, 5.41) is 11.9. The molecule has 32 heavy (non-hydrogen) atoms. The normalized spacial score (nSPS) is 15.2.